The Labute approximate surface area is 131 Å². The van der Waals surface area contributed by atoms with E-state index in [0.29, 0.717) is 18.0 Å². The molecule has 0 saturated carbocycles. The van der Waals surface area contributed by atoms with Crippen LogP contribution in [0.2, 0.25) is 5.02 Å². The van der Waals surface area contributed by atoms with Crippen LogP contribution in [0.1, 0.15) is 15.9 Å². The minimum Gasteiger partial charge on any atom is -0.478 e. The van der Waals surface area contributed by atoms with Crippen LogP contribution >= 0.6 is 11.6 Å². The SMILES string of the molecule is O=C(O)c1ccc(NCCc2ccccc2Cl)c([N+](=O)[O-])c1. The molecule has 0 unspecified atom stereocenters. The lowest BCUT2D eigenvalue weighted by Crippen LogP contribution is -2.08. The van der Waals surface area contributed by atoms with Gasteiger partial charge in [-0.15, -0.1) is 0 Å². The van der Waals surface area contributed by atoms with E-state index in [4.69, 9.17) is 16.7 Å². The second-order valence-electron chi connectivity index (χ2n) is 4.56. The summed E-state index contributed by atoms with van der Waals surface area (Å²) in [7, 11) is 0. The van der Waals surface area contributed by atoms with Gasteiger partial charge >= 0.3 is 5.97 Å². The van der Waals surface area contributed by atoms with Gasteiger partial charge in [-0.25, -0.2) is 4.79 Å². The van der Waals surface area contributed by atoms with E-state index in [1.165, 1.54) is 12.1 Å². The predicted octanol–water partition coefficient (Wildman–Crippen LogP) is 3.60. The van der Waals surface area contributed by atoms with Gasteiger partial charge in [0.2, 0.25) is 0 Å². The third-order valence-electron chi connectivity index (χ3n) is 3.11. The molecule has 0 heterocycles. The summed E-state index contributed by atoms with van der Waals surface area (Å²) < 4.78 is 0. The van der Waals surface area contributed by atoms with Crippen LogP contribution in [0, 0.1) is 10.1 Å². The molecule has 114 valence electrons. The van der Waals surface area contributed by atoms with E-state index in [1.807, 2.05) is 18.2 Å². The summed E-state index contributed by atoms with van der Waals surface area (Å²) in [6.45, 7) is 0.441. The zero-order chi connectivity index (χ0) is 16.1. The highest BCUT2D eigenvalue weighted by Gasteiger charge is 2.16. The number of benzene rings is 2. The molecule has 0 aliphatic heterocycles. The maximum atomic E-state index is 11.0. The number of halogens is 1. The van der Waals surface area contributed by atoms with Crippen molar-refractivity contribution in [3.8, 4) is 0 Å². The van der Waals surface area contributed by atoms with Gasteiger partial charge in [-0.2, -0.15) is 0 Å². The number of carbonyl (C=O) groups is 1. The van der Waals surface area contributed by atoms with Crippen LogP contribution in [0.15, 0.2) is 42.5 Å². The molecule has 0 bridgehead atoms. The Kier molecular flexibility index (Phi) is 4.95. The van der Waals surface area contributed by atoms with Crippen LogP contribution in [0.25, 0.3) is 0 Å². The number of nitrogens with zero attached hydrogens (tertiary/aromatic N) is 1. The molecule has 0 fully saturated rings. The van der Waals surface area contributed by atoms with Crippen molar-refractivity contribution in [2.75, 3.05) is 11.9 Å². The summed E-state index contributed by atoms with van der Waals surface area (Å²) in [5, 5.41) is 23.5. The quantitative estimate of drug-likeness (QED) is 0.626. The van der Waals surface area contributed by atoms with Gasteiger partial charge in [0.15, 0.2) is 0 Å². The molecule has 0 saturated heterocycles. The maximum absolute atomic E-state index is 11.0. The molecule has 0 spiro atoms. The molecule has 2 rings (SSSR count). The lowest BCUT2D eigenvalue weighted by Gasteiger charge is -2.08. The Morgan fingerprint density at radius 2 is 2.00 bits per heavy atom. The van der Waals surface area contributed by atoms with Crippen molar-refractivity contribution >= 4 is 28.9 Å². The standard InChI is InChI=1S/C15H13ClN2O4/c16-12-4-2-1-3-10(12)7-8-17-13-6-5-11(15(19)20)9-14(13)18(21)22/h1-6,9,17H,7-8H2,(H,19,20). The number of nitro groups is 1. The molecule has 0 radical (unpaired) electrons. The molecular formula is C15H13ClN2O4. The number of hydrogen-bond donors (Lipinski definition) is 2. The Balaban J connectivity index is 2.11. The van der Waals surface area contributed by atoms with E-state index < -0.39 is 10.9 Å². The maximum Gasteiger partial charge on any atom is 0.335 e. The van der Waals surface area contributed by atoms with Gasteiger partial charge in [-0.3, -0.25) is 10.1 Å². The Morgan fingerprint density at radius 1 is 1.27 bits per heavy atom. The smallest absolute Gasteiger partial charge is 0.335 e. The van der Waals surface area contributed by atoms with Crippen LogP contribution in [-0.4, -0.2) is 22.5 Å². The summed E-state index contributed by atoms with van der Waals surface area (Å²) in [6, 6.07) is 11.1. The van der Waals surface area contributed by atoms with Gasteiger partial charge in [0.1, 0.15) is 5.69 Å². The van der Waals surface area contributed by atoms with Gasteiger partial charge < -0.3 is 10.4 Å². The minimum absolute atomic E-state index is 0.122. The van der Waals surface area contributed by atoms with E-state index in [1.54, 1.807) is 6.07 Å². The summed E-state index contributed by atoms with van der Waals surface area (Å²) in [4.78, 5) is 21.3. The van der Waals surface area contributed by atoms with Gasteiger partial charge in [-0.05, 0) is 30.2 Å². The fourth-order valence-corrected chi connectivity index (χ4v) is 2.23. The Morgan fingerprint density at radius 3 is 2.64 bits per heavy atom. The highest BCUT2D eigenvalue weighted by Crippen LogP contribution is 2.26. The summed E-state index contributed by atoms with van der Waals surface area (Å²) >= 11 is 6.04. The molecule has 0 aromatic heterocycles. The van der Waals surface area contributed by atoms with E-state index in [2.05, 4.69) is 5.32 Å². The number of nitrogens with one attached hydrogen (secondary N) is 1. The molecule has 2 N–H and O–H groups in total. The van der Waals surface area contributed by atoms with E-state index in [-0.39, 0.29) is 16.9 Å². The predicted molar refractivity (Wildman–Crippen MR) is 83.7 cm³/mol. The summed E-state index contributed by atoms with van der Waals surface area (Å²) in [6.07, 6.45) is 0.595. The first kappa shape index (κ1) is 15.8. The second-order valence-corrected chi connectivity index (χ2v) is 4.97. The Hall–Kier alpha value is -2.60. The molecule has 0 atom stereocenters. The molecule has 7 heteroatoms. The normalized spacial score (nSPS) is 10.2. The molecule has 0 aliphatic carbocycles. The number of carboxylic acid groups (broad SMARTS) is 1. The summed E-state index contributed by atoms with van der Waals surface area (Å²) in [5.74, 6) is -1.20. The zero-order valence-corrected chi connectivity index (χ0v) is 12.2. The van der Waals surface area contributed by atoms with Crippen molar-refractivity contribution in [3.05, 3.63) is 68.7 Å². The lowest BCUT2D eigenvalue weighted by atomic mass is 10.1. The molecule has 0 amide bonds. The topological polar surface area (TPSA) is 92.5 Å². The van der Waals surface area contributed by atoms with Crippen LogP contribution in [0.5, 0.6) is 0 Å². The fraction of sp³-hybridized carbons (Fsp3) is 0.133. The number of hydrogen-bond acceptors (Lipinski definition) is 4. The second kappa shape index (κ2) is 6.91. The molecule has 2 aromatic rings. The molecule has 0 aliphatic rings. The Bertz CT molecular complexity index is 718. The van der Waals surface area contributed by atoms with Gasteiger partial charge in [-0.1, -0.05) is 29.8 Å². The van der Waals surface area contributed by atoms with Gasteiger partial charge in [0.05, 0.1) is 10.5 Å². The van der Waals surface area contributed by atoms with Crippen LogP contribution < -0.4 is 5.32 Å². The molecule has 2 aromatic carbocycles. The van der Waals surface area contributed by atoms with Crippen molar-refractivity contribution < 1.29 is 14.8 Å². The molecule has 6 nitrogen and oxygen atoms in total. The van der Waals surface area contributed by atoms with Gasteiger partial charge in [0.25, 0.3) is 5.69 Å². The average Bonchev–Trinajstić information content (AvgIpc) is 2.49. The van der Waals surface area contributed by atoms with E-state index >= 15 is 0 Å². The van der Waals surface area contributed by atoms with E-state index in [0.717, 1.165) is 11.6 Å². The number of nitro benzene ring substituents is 1. The highest BCUT2D eigenvalue weighted by atomic mass is 35.5. The number of aromatic carboxylic acids is 1. The monoisotopic (exact) mass is 320 g/mol. The fourth-order valence-electron chi connectivity index (χ4n) is 2.00. The lowest BCUT2D eigenvalue weighted by molar-refractivity contribution is -0.384. The first-order valence-electron chi connectivity index (χ1n) is 6.48. The first-order valence-corrected chi connectivity index (χ1v) is 6.86. The van der Waals surface area contributed by atoms with Crippen molar-refractivity contribution in [1.29, 1.82) is 0 Å². The van der Waals surface area contributed by atoms with Gasteiger partial charge in [0, 0.05) is 17.6 Å². The summed E-state index contributed by atoms with van der Waals surface area (Å²) in [5.41, 5.74) is 0.825. The van der Waals surface area contributed by atoms with Crippen molar-refractivity contribution in [2.24, 2.45) is 0 Å². The first-order chi connectivity index (χ1) is 10.5. The molecule has 22 heavy (non-hydrogen) atoms. The number of carboxylic acids is 1. The minimum atomic E-state index is -1.20. The number of rotatable bonds is 6. The third-order valence-corrected chi connectivity index (χ3v) is 3.48. The van der Waals surface area contributed by atoms with Crippen molar-refractivity contribution in [1.82, 2.24) is 0 Å². The van der Waals surface area contributed by atoms with Crippen LogP contribution in [-0.2, 0) is 6.42 Å². The van der Waals surface area contributed by atoms with Crippen molar-refractivity contribution in [2.45, 2.75) is 6.42 Å². The molecular weight excluding hydrogens is 308 g/mol. The van der Waals surface area contributed by atoms with Crippen LogP contribution in [0.4, 0.5) is 11.4 Å². The van der Waals surface area contributed by atoms with Crippen molar-refractivity contribution in [3.63, 3.8) is 0 Å². The average molecular weight is 321 g/mol. The third kappa shape index (κ3) is 3.73. The number of anilines is 1. The zero-order valence-electron chi connectivity index (χ0n) is 11.5. The van der Waals surface area contributed by atoms with Crippen LogP contribution in [0.3, 0.4) is 0 Å². The highest BCUT2D eigenvalue weighted by molar-refractivity contribution is 6.31. The van der Waals surface area contributed by atoms with E-state index in [9.17, 15) is 14.9 Å². The largest absolute Gasteiger partial charge is 0.478 e.